The van der Waals surface area contributed by atoms with E-state index >= 15 is 0 Å². The monoisotopic (exact) mass is 326 g/mol. The molecule has 0 aromatic carbocycles. The molecule has 5 nitrogen and oxygen atoms in total. The molecule has 23 heavy (non-hydrogen) atoms. The molecule has 5 heteroatoms. The molecule has 134 valence electrons. The summed E-state index contributed by atoms with van der Waals surface area (Å²) in [5.74, 6) is 1.12. The lowest BCUT2D eigenvalue weighted by Gasteiger charge is -2.46. The van der Waals surface area contributed by atoms with E-state index in [9.17, 15) is 9.90 Å². The summed E-state index contributed by atoms with van der Waals surface area (Å²) in [5.41, 5.74) is 4.96. The van der Waals surface area contributed by atoms with Crippen molar-refractivity contribution in [3.05, 3.63) is 0 Å². The molecule has 2 unspecified atom stereocenters. The van der Waals surface area contributed by atoms with Gasteiger partial charge in [0.1, 0.15) is 5.60 Å². The SMILES string of the molecule is CC1CCC(C(N)C2(O)CCCN(C(=O)OC(C)(C)C)C2)CC1. The van der Waals surface area contributed by atoms with E-state index in [1.807, 2.05) is 20.8 Å². The lowest BCUT2D eigenvalue weighted by molar-refractivity contribution is -0.0708. The molecule has 2 fully saturated rings. The van der Waals surface area contributed by atoms with Crippen LogP contribution in [0.5, 0.6) is 0 Å². The predicted octanol–water partition coefficient (Wildman–Crippen LogP) is 2.90. The molecule has 0 bridgehead atoms. The van der Waals surface area contributed by atoms with Gasteiger partial charge in [0.05, 0.1) is 12.1 Å². The Morgan fingerprint density at radius 1 is 1.30 bits per heavy atom. The minimum absolute atomic E-state index is 0.264. The quantitative estimate of drug-likeness (QED) is 0.818. The highest BCUT2D eigenvalue weighted by Crippen LogP contribution is 2.36. The van der Waals surface area contributed by atoms with Gasteiger partial charge in [0.25, 0.3) is 0 Å². The lowest BCUT2D eigenvalue weighted by atomic mass is 9.72. The Morgan fingerprint density at radius 2 is 1.91 bits per heavy atom. The Bertz CT molecular complexity index is 413. The van der Waals surface area contributed by atoms with Crippen LogP contribution in [-0.2, 0) is 4.74 Å². The topological polar surface area (TPSA) is 75.8 Å². The number of nitrogens with zero attached hydrogens (tertiary/aromatic N) is 1. The zero-order valence-electron chi connectivity index (χ0n) is 15.2. The van der Waals surface area contributed by atoms with Gasteiger partial charge in [-0.25, -0.2) is 4.79 Å². The number of β-amino-alcohol motifs (C(OH)–C–C–N with tert-alkyl or cyclic N) is 1. The molecule has 3 N–H and O–H groups in total. The number of ether oxygens (including phenoxy) is 1. The van der Waals surface area contributed by atoms with Gasteiger partial charge >= 0.3 is 6.09 Å². The second-order valence-corrected chi connectivity index (χ2v) is 8.65. The molecule has 0 aromatic heterocycles. The second kappa shape index (κ2) is 6.98. The Hall–Kier alpha value is -0.810. The number of nitrogens with two attached hydrogens (primary N) is 1. The number of amides is 1. The van der Waals surface area contributed by atoms with Crippen molar-refractivity contribution >= 4 is 6.09 Å². The molecule has 0 radical (unpaired) electrons. The Kier molecular flexibility index (Phi) is 5.62. The Labute approximate surface area is 140 Å². The van der Waals surface area contributed by atoms with E-state index in [1.54, 1.807) is 4.90 Å². The molecule has 1 aliphatic heterocycles. The van der Waals surface area contributed by atoms with Gasteiger partial charge in [0.15, 0.2) is 0 Å². The summed E-state index contributed by atoms with van der Waals surface area (Å²) in [6, 6.07) is -0.264. The number of aliphatic hydroxyl groups is 1. The van der Waals surface area contributed by atoms with E-state index in [0.29, 0.717) is 18.9 Å². The number of rotatable bonds is 2. The highest BCUT2D eigenvalue weighted by atomic mass is 16.6. The highest BCUT2D eigenvalue weighted by Gasteiger charge is 2.44. The Balaban J connectivity index is 1.99. The summed E-state index contributed by atoms with van der Waals surface area (Å²) in [4.78, 5) is 13.9. The van der Waals surface area contributed by atoms with Crippen molar-refractivity contribution in [1.82, 2.24) is 4.90 Å². The van der Waals surface area contributed by atoms with Gasteiger partial charge < -0.3 is 20.5 Å². The van der Waals surface area contributed by atoms with Crippen molar-refractivity contribution in [1.29, 1.82) is 0 Å². The average molecular weight is 326 g/mol. The largest absolute Gasteiger partial charge is 0.444 e. The highest BCUT2D eigenvalue weighted by molar-refractivity contribution is 5.68. The van der Waals surface area contributed by atoms with Crippen LogP contribution in [0.4, 0.5) is 4.79 Å². The predicted molar refractivity (Wildman–Crippen MR) is 91.1 cm³/mol. The Morgan fingerprint density at radius 3 is 2.48 bits per heavy atom. The van der Waals surface area contributed by atoms with Gasteiger partial charge in [-0.2, -0.15) is 0 Å². The van der Waals surface area contributed by atoms with E-state index in [2.05, 4.69) is 6.92 Å². The van der Waals surface area contributed by atoms with Crippen LogP contribution in [0, 0.1) is 11.8 Å². The van der Waals surface area contributed by atoms with E-state index < -0.39 is 11.2 Å². The first-order valence-corrected chi connectivity index (χ1v) is 9.06. The summed E-state index contributed by atoms with van der Waals surface area (Å²) >= 11 is 0. The summed E-state index contributed by atoms with van der Waals surface area (Å²) < 4.78 is 5.44. The van der Waals surface area contributed by atoms with Crippen LogP contribution >= 0.6 is 0 Å². The van der Waals surface area contributed by atoms with Crippen LogP contribution in [0.15, 0.2) is 0 Å². The number of hydrogen-bond donors (Lipinski definition) is 2. The van der Waals surface area contributed by atoms with E-state index in [1.165, 1.54) is 12.8 Å². The molecular formula is C18H34N2O3. The van der Waals surface area contributed by atoms with Gasteiger partial charge in [-0.3, -0.25) is 0 Å². The third-order valence-electron chi connectivity index (χ3n) is 5.34. The van der Waals surface area contributed by atoms with E-state index in [0.717, 1.165) is 25.2 Å². The number of piperidine rings is 1. The van der Waals surface area contributed by atoms with Crippen molar-refractivity contribution < 1.29 is 14.6 Å². The third-order valence-corrected chi connectivity index (χ3v) is 5.34. The van der Waals surface area contributed by atoms with Gasteiger partial charge in [0.2, 0.25) is 0 Å². The number of hydrogen-bond acceptors (Lipinski definition) is 4. The van der Waals surface area contributed by atoms with Crippen molar-refractivity contribution in [3.8, 4) is 0 Å². The maximum absolute atomic E-state index is 12.3. The molecule has 1 aliphatic carbocycles. The molecule has 1 heterocycles. The summed E-state index contributed by atoms with van der Waals surface area (Å²) in [7, 11) is 0. The summed E-state index contributed by atoms with van der Waals surface area (Å²) in [5, 5.41) is 11.1. The number of carbonyl (C=O) groups is 1. The van der Waals surface area contributed by atoms with E-state index in [4.69, 9.17) is 10.5 Å². The van der Waals surface area contributed by atoms with Gasteiger partial charge in [0, 0.05) is 12.6 Å². The number of likely N-dealkylation sites (tertiary alicyclic amines) is 1. The first kappa shape index (κ1) is 18.5. The van der Waals surface area contributed by atoms with Gasteiger partial charge in [-0.1, -0.05) is 19.8 Å². The molecule has 1 saturated carbocycles. The van der Waals surface area contributed by atoms with Crippen LogP contribution in [0.25, 0.3) is 0 Å². The maximum atomic E-state index is 12.3. The molecule has 0 spiro atoms. The second-order valence-electron chi connectivity index (χ2n) is 8.65. The smallest absolute Gasteiger partial charge is 0.410 e. The van der Waals surface area contributed by atoms with Crippen LogP contribution in [0.1, 0.15) is 66.2 Å². The molecule has 2 aliphatic rings. The lowest BCUT2D eigenvalue weighted by Crippen LogP contribution is -2.62. The van der Waals surface area contributed by atoms with Crippen molar-refractivity contribution in [2.24, 2.45) is 17.6 Å². The van der Waals surface area contributed by atoms with Gasteiger partial charge in [-0.05, 0) is 58.3 Å². The molecule has 1 amide bonds. The fraction of sp³-hybridized carbons (Fsp3) is 0.944. The van der Waals surface area contributed by atoms with Crippen LogP contribution in [-0.4, -0.2) is 46.4 Å². The molecule has 1 saturated heterocycles. The zero-order valence-corrected chi connectivity index (χ0v) is 15.2. The van der Waals surface area contributed by atoms with Gasteiger partial charge in [-0.15, -0.1) is 0 Å². The first-order chi connectivity index (χ1) is 10.6. The van der Waals surface area contributed by atoms with Crippen LogP contribution < -0.4 is 5.73 Å². The maximum Gasteiger partial charge on any atom is 0.410 e. The first-order valence-electron chi connectivity index (χ1n) is 9.06. The molecule has 0 aromatic rings. The minimum Gasteiger partial charge on any atom is -0.444 e. The molecule has 2 rings (SSSR count). The van der Waals surface area contributed by atoms with Crippen molar-refractivity contribution in [3.63, 3.8) is 0 Å². The van der Waals surface area contributed by atoms with Crippen molar-refractivity contribution in [2.45, 2.75) is 83.5 Å². The molecular weight excluding hydrogens is 292 g/mol. The minimum atomic E-state index is -0.986. The number of carbonyl (C=O) groups excluding carboxylic acids is 1. The third kappa shape index (κ3) is 4.83. The normalized spacial score (nSPS) is 34.1. The summed E-state index contributed by atoms with van der Waals surface area (Å²) in [6.45, 7) is 8.77. The summed E-state index contributed by atoms with van der Waals surface area (Å²) in [6.07, 6.45) is 5.62. The zero-order chi connectivity index (χ0) is 17.3. The fourth-order valence-electron chi connectivity index (χ4n) is 3.90. The average Bonchev–Trinajstić information content (AvgIpc) is 2.45. The molecule has 2 atom stereocenters. The van der Waals surface area contributed by atoms with Crippen LogP contribution in [0.3, 0.4) is 0 Å². The van der Waals surface area contributed by atoms with E-state index in [-0.39, 0.29) is 18.7 Å². The standard InChI is InChI=1S/C18H34N2O3/c1-13-6-8-14(9-7-13)15(19)18(22)10-5-11-20(12-18)16(21)23-17(2,3)4/h13-15,22H,5-12,19H2,1-4H3. The fourth-order valence-corrected chi connectivity index (χ4v) is 3.90. The van der Waals surface area contributed by atoms with Crippen molar-refractivity contribution in [2.75, 3.05) is 13.1 Å². The van der Waals surface area contributed by atoms with Crippen LogP contribution in [0.2, 0.25) is 0 Å².